The molecule has 1 aliphatic rings. The lowest BCUT2D eigenvalue weighted by Gasteiger charge is -2.22. The molecule has 0 spiro atoms. The Morgan fingerprint density at radius 3 is 2.71 bits per heavy atom. The Morgan fingerprint density at radius 2 is 2.07 bits per heavy atom. The number of rotatable bonds is 1. The quantitative estimate of drug-likeness (QED) is 0.722. The molecule has 0 saturated carbocycles. The molecule has 1 aromatic carbocycles. The molecular formula is C12H16N2. The van der Waals surface area contributed by atoms with Crippen molar-refractivity contribution in [3.05, 3.63) is 29.3 Å². The summed E-state index contributed by atoms with van der Waals surface area (Å²) in [6.07, 6.45) is 0. The van der Waals surface area contributed by atoms with E-state index in [1.165, 1.54) is 16.8 Å². The molecule has 0 aromatic heterocycles. The fourth-order valence-corrected chi connectivity index (χ4v) is 2.07. The van der Waals surface area contributed by atoms with Crippen LogP contribution >= 0.6 is 0 Å². The highest BCUT2D eigenvalue weighted by atomic mass is 14.8. The average molecular weight is 188 g/mol. The van der Waals surface area contributed by atoms with E-state index in [1.54, 1.807) is 0 Å². The molecule has 0 atom stereocenters. The van der Waals surface area contributed by atoms with Crippen molar-refractivity contribution in [2.24, 2.45) is 10.7 Å². The summed E-state index contributed by atoms with van der Waals surface area (Å²) in [6.45, 7) is 7.09. The SMILES string of the molecule is CC1=Nc2cccc(CN)c2C1(C)C. The highest BCUT2D eigenvalue weighted by molar-refractivity contribution is 6.00. The van der Waals surface area contributed by atoms with Crippen LogP contribution < -0.4 is 5.73 Å². The van der Waals surface area contributed by atoms with Crippen molar-refractivity contribution >= 4 is 11.4 Å². The van der Waals surface area contributed by atoms with Crippen molar-refractivity contribution in [3.8, 4) is 0 Å². The third kappa shape index (κ3) is 1.11. The predicted molar refractivity (Wildman–Crippen MR) is 60.1 cm³/mol. The molecule has 0 amide bonds. The summed E-state index contributed by atoms with van der Waals surface area (Å²) in [7, 11) is 0. The highest BCUT2D eigenvalue weighted by Gasteiger charge is 2.33. The van der Waals surface area contributed by atoms with E-state index in [9.17, 15) is 0 Å². The van der Waals surface area contributed by atoms with E-state index < -0.39 is 0 Å². The number of aliphatic imine (C=N–C) groups is 1. The molecule has 0 fully saturated rings. The molecule has 14 heavy (non-hydrogen) atoms. The van der Waals surface area contributed by atoms with E-state index in [0.29, 0.717) is 6.54 Å². The minimum absolute atomic E-state index is 0.0469. The number of fused-ring (bicyclic) bond motifs is 1. The Hall–Kier alpha value is -1.15. The van der Waals surface area contributed by atoms with Crippen molar-refractivity contribution < 1.29 is 0 Å². The number of nitrogens with two attached hydrogens (primary N) is 1. The molecule has 74 valence electrons. The second-order valence-corrected chi connectivity index (χ2v) is 4.34. The van der Waals surface area contributed by atoms with Gasteiger partial charge in [-0.25, -0.2) is 0 Å². The molecule has 1 heterocycles. The zero-order valence-corrected chi connectivity index (χ0v) is 8.96. The van der Waals surface area contributed by atoms with Crippen LogP contribution in [0.25, 0.3) is 0 Å². The number of hydrogen-bond acceptors (Lipinski definition) is 2. The molecule has 2 N–H and O–H groups in total. The van der Waals surface area contributed by atoms with Gasteiger partial charge >= 0.3 is 0 Å². The Kier molecular flexibility index (Phi) is 1.96. The van der Waals surface area contributed by atoms with Crippen LogP contribution in [-0.4, -0.2) is 5.71 Å². The summed E-state index contributed by atoms with van der Waals surface area (Å²) in [5.41, 5.74) is 10.6. The normalized spacial score (nSPS) is 17.9. The van der Waals surface area contributed by atoms with Gasteiger partial charge < -0.3 is 5.73 Å². The van der Waals surface area contributed by atoms with E-state index in [4.69, 9.17) is 5.73 Å². The highest BCUT2D eigenvalue weighted by Crippen LogP contribution is 2.41. The van der Waals surface area contributed by atoms with E-state index in [-0.39, 0.29) is 5.41 Å². The second-order valence-electron chi connectivity index (χ2n) is 4.34. The summed E-state index contributed by atoms with van der Waals surface area (Å²) in [5, 5.41) is 0. The molecule has 0 bridgehead atoms. The molecule has 0 radical (unpaired) electrons. The first-order valence-corrected chi connectivity index (χ1v) is 4.95. The molecular weight excluding hydrogens is 172 g/mol. The van der Waals surface area contributed by atoms with Crippen molar-refractivity contribution in [1.82, 2.24) is 0 Å². The summed E-state index contributed by atoms with van der Waals surface area (Å²) in [5.74, 6) is 0. The van der Waals surface area contributed by atoms with Gasteiger partial charge in [-0.15, -0.1) is 0 Å². The fraction of sp³-hybridized carbons (Fsp3) is 0.417. The second kappa shape index (κ2) is 2.92. The van der Waals surface area contributed by atoms with Gasteiger partial charge in [0.05, 0.1) is 5.69 Å². The summed E-state index contributed by atoms with van der Waals surface area (Å²) >= 11 is 0. The smallest absolute Gasteiger partial charge is 0.0673 e. The number of hydrogen-bond donors (Lipinski definition) is 1. The van der Waals surface area contributed by atoms with Crippen LogP contribution in [0, 0.1) is 0 Å². The Morgan fingerprint density at radius 1 is 1.36 bits per heavy atom. The third-order valence-corrected chi connectivity index (χ3v) is 3.17. The lowest BCUT2D eigenvalue weighted by atomic mass is 9.80. The standard InChI is InChI=1S/C12H16N2/c1-8-12(2,3)11-9(7-13)5-4-6-10(11)14-8/h4-6H,7,13H2,1-3H3. The number of benzene rings is 1. The first-order chi connectivity index (χ1) is 6.57. The molecule has 2 heteroatoms. The predicted octanol–water partition coefficient (Wildman–Crippen LogP) is 2.53. The Balaban J connectivity index is 2.67. The molecule has 1 aromatic rings. The van der Waals surface area contributed by atoms with Crippen LogP contribution in [0.4, 0.5) is 5.69 Å². The van der Waals surface area contributed by atoms with Crippen LogP contribution in [-0.2, 0) is 12.0 Å². The van der Waals surface area contributed by atoms with E-state index in [2.05, 4.69) is 37.9 Å². The molecule has 2 rings (SSSR count). The van der Waals surface area contributed by atoms with Crippen LogP contribution in [0.15, 0.2) is 23.2 Å². The number of nitrogens with zero attached hydrogens (tertiary/aromatic N) is 1. The maximum absolute atomic E-state index is 5.74. The topological polar surface area (TPSA) is 38.4 Å². The summed E-state index contributed by atoms with van der Waals surface area (Å²) < 4.78 is 0. The largest absolute Gasteiger partial charge is 0.326 e. The Bertz CT molecular complexity index is 403. The lowest BCUT2D eigenvalue weighted by molar-refractivity contribution is 0.720. The zero-order chi connectivity index (χ0) is 10.3. The first-order valence-electron chi connectivity index (χ1n) is 4.95. The molecule has 0 saturated heterocycles. The average Bonchev–Trinajstić information content (AvgIpc) is 2.38. The van der Waals surface area contributed by atoms with E-state index in [1.807, 2.05) is 6.07 Å². The van der Waals surface area contributed by atoms with Crippen LogP contribution in [0.2, 0.25) is 0 Å². The first kappa shape index (κ1) is 9.41. The minimum Gasteiger partial charge on any atom is -0.326 e. The van der Waals surface area contributed by atoms with Crippen molar-refractivity contribution in [2.75, 3.05) is 0 Å². The van der Waals surface area contributed by atoms with Gasteiger partial charge in [0.1, 0.15) is 0 Å². The van der Waals surface area contributed by atoms with Gasteiger partial charge in [0.2, 0.25) is 0 Å². The molecule has 0 aliphatic carbocycles. The fourth-order valence-electron chi connectivity index (χ4n) is 2.07. The van der Waals surface area contributed by atoms with Gasteiger partial charge in [0.15, 0.2) is 0 Å². The lowest BCUT2D eigenvalue weighted by Crippen LogP contribution is -2.24. The van der Waals surface area contributed by atoms with Crippen LogP contribution in [0.1, 0.15) is 31.9 Å². The van der Waals surface area contributed by atoms with Crippen LogP contribution in [0.3, 0.4) is 0 Å². The minimum atomic E-state index is 0.0469. The van der Waals surface area contributed by atoms with Gasteiger partial charge in [-0.1, -0.05) is 26.0 Å². The maximum Gasteiger partial charge on any atom is 0.0673 e. The van der Waals surface area contributed by atoms with Gasteiger partial charge in [-0.3, -0.25) is 4.99 Å². The summed E-state index contributed by atoms with van der Waals surface area (Å²) in [6, 6.07) is 6.18. The van der Waals surface area contributed by atoms with E-state index in [0.717, 1.165) is 5.69 Å². The van der Waals surface area contributed by atoms with Crippen molar-refractivity contribution in [1.29, 1.82) is 0 Å². The monoisotopic (exact) mass is 188 g/mol. The van der Waals surface area contributed by atoms with Gasteiger partial charge in [-0.2, -0.15) is 0 Å². The third-order valence-electron chi connectivity index (χ3n) is 3.17. The molecule has 0 unspecified atom stereocenters. The summed E-state index contributed by atoms with van der Waals surface area (Å²) in [4.78, 5) is 4.57. The Labute approximate surface area is 84.9 Å². The van der Waals surface area contributed by atoms with Crippen molar-refractivity contribution in [2.45, 2.75) is 32.7 Å². The van der Waals surface area contributed by atoms with Gasteiger partial charge in [0.25, 0.3) is 0 Å². The maximum atomic E-state index is 5.74. The van der Waals surface area contributed by atoms with Crippen LogP contribution in [0.5, 0.6) is 0 Å². The molecule has 2 nitrogen and oxygen atoms in total. The zero-order valence-electron chi connectivity index (χ0n) is 8.96. The van der Waals surface area contributed by atoms with Gasteiger partial charge in [0, 0.05) is 17.7 Å². The van der Waals surface area contributed by atoms with E-state index >= 15 is 0 Å². The molecule has 1 aliphatic heterocycles. The van der Waals surface area contributed by atoms with Gasteiger partial charge in [-0.05, 0) is 24.1 Å². The van der Waals surface area contributed by atoms with Crippen molar-refractivity contribution in [3.63, 3.8) is 0 Å².